The molecule has 0 aliphatic carbocycles. The largest absolute Gasteiger partial charge is 0.486 e. The van der Waals surface area contributed by atoms with Crippen molar-refractivity contribution < 1.29 is 28.6 Å². The SMILES string of the molecule is CCc1c(C(C)C(=O)O)ccc(OCc2cc(Cl)cc3c2OC(C)(C)C3=O)c1F. The van der Waals surface area contributed by atoms with Gasteiger partial charge in [0.05, 0.1) is 11.5 Å². The molecule has 0 saturated heterocycles. The molecule has 1 N–H and O–H groups in total. The van der Waals surface area contributed by atoms with Crippen molar-refractivity contribution in [2.45, 2.75) is 52.2 Å². The number of carboxylic acids is 1. The van der Waals surface area contributed by atoms with Gasteiger partial charge >= 0.3 is 5.97 Å². The van der Waals surface area contributed by atoms with Gasteiger partial charge in [0.1, 0.15) is 12.4 Å². The minimum atomic E-state index is -1.02. The van der Waals surface area contributed by atoms with E-state index >= 15 is 0 Å². The zero-order valence-corrected chi connectivity index (χ0v) is 17.4. The van der Waals surface area contributed by atoms with Crippen LogP contribution in [0.2, 0.25) is 5.02 Å². The molecule has 1 aliphatic heterocycles. The highest BCUT2D eigenvalue weighted by molar-refractivity contribution is 6.31. The van der Waals surface area contributed by atoms with Gasteiger partial charge in [-0.05, 0) is 56.5 Å². The lowest BCUT2D eigenvalue weighted by atomic mass is 9.93. The Kier molecular flexibility index (Phi) is 5.59. The summed E-state index contributed by atoms with van der Waals surface area (Å²) in [5, 5.41) is 9.60. The van der Waals surface area contributed by atoms with Gasteiger partial charge in [0.2, 0.25) is 5.78 Å². The molecular formula is C22H22ClFO5. The van der Waals surface area contributed by atoms with Gasteiger partial charge in [0, 0.05) is 10.6 Å². The van der Waals surface area contributed by atoms with E-state index in [0.29, 0.717) is 39.4 Å². The fraction of sp³-hybridized carbons (Fsp3) is 0.364. The van der Waals surface area contributed by atoms with Crippen molar-refractivity contribution in [1.29, 1.82) is 0 Å². The van der Waals surface area contributed by atoms with Gasteiger partial charge in [-0.25, -0.2) is 4.39 Å². The second-order valence-corrected chi connectivity index (χ2v) is 7.97. The maximum Gasteiger partial charge on any atom is 0.310 e. The third-order valence-corrected chi connectivity index (χ3v) is 5.32. The summed E-state index contributed by atoms with van der Waals surface area (Å²) in [6.45, 7) is 6.56. The average Bonchev–Trinajstić information content (AvgIpc) is 2.89. The van der Waals surface area contributed by atoms with E-state index in [-0.39, 0.29) is 18.1 Å². The van der Waals surface area contributed by atoms with E-state index in [1.807, 2.05) is 0 Å². The summed E-state index contributed by atoms with van der Waals surface area (Å²) in [4.78, 5) is 23.7. The molecule has 3 rings (SSSR count). The smallest absolute Gasteiger partial charge is 0.310 e. The highest BCUT2D eigenvalue weighted by atomic mass is 35.5. The predicted molar refractivity (Wildman–Crippen MR) is 107 cm³/mol. The van der Waals surface area contributed by atoms with Crippen LogP contribution in [-0.4, -0.2) is 22.5 Å². The fourth-order valence-electron chi connectivity index (χ4n) is 3.45. The number of hydrogen-bond acceptors (Lipinski definition) is 4. The Bertz CT molecular complexity index is 999. The van der Waals surface area contributed by atoms with Gasteiger partial charge in [-0.1, -0.05) is 24.6 Å². The van der Waals surface area contributed by atoms with E-state index in [1.165, 1.54) is 13.0 Å². The van der Waals surface area contributed by atoms with Crippen molar-refractivity contribution in [3.8, 4) is 11.5 Å². The Morgan fingerprint density at radius 2 is 2.03 bits per heavy atom. The molecule has 0 amide bonds. The van der Waals surface area contributed by atoms with Gasteiger partial charge < -0.3 is 14.6 Å². The maximum atomic E-state index is 15.0. The Labute approximate surface area is 173 Å². The summed E-state index contributed by atoms with van der Waals surface area (Å²) in [5.74, 6) is -2.23. The van der Waals surface area contributed by atoms with Crippen LogP contribution >= 0.6 is 11.6 Å². The first-order valence-corrected chi connectivity index (χ1v) is 9.67. The lowest BCUT2D eigenvalue weighted by Gasteiger charge is -2.18. The van der Waals surface area contributed by atoms with E-state index in [2.05, 4.69) is 0 Å². The quantitative estimate of drug-likeness (QED) is 0.698. The number of Topliss-reactive ketones (excluding diaryl/α,β-unsaturated/α-hetero) is 1. The maximum absolute atomic E-state index is 15.0. The van der Waals surface area contributed by atoms with Gasteiger partial charge in [0.15, 0.2) is 17.2 Å². The second kappa shape index (κ2) is 7.67. The Morgan fingerprint density at radius 1 is 1.34 bits per heavy atom. The molecule has 154 valence electrons. The van der Waals surface area contributed by atoms with Crippen LogP contribution in [0.1, 0.15) is 60.7 Å². The van der Waals surface area contributed by atoms with Crippen LogP contribution in [-0.2, 0) is 17.8 Å². The third-order valence-electron chi connectivity index (χ3n) is 5.10. The first-order valence-electron chi connectivity index (χ1n) is 9.30. The minimum Gasteiger partial charge on any atom is -0.486 e. The van der Waals surface area contributed by atoms with Crippen molar-refractivity contribution in [3.05, 3.63) is 57.4 Å². The summed E-state index contributed by atoms with van der Waals surface area (Å²) >= 11 is 6.14. The molecule has 1 atom stereocenters. The molecule has 0 spiro atoms. The molecule has 1 heterocycles. The number of ether oxygens (including phenoxy) is 2. The highest BCUT2D eigenvalue weighted by Gasteiger charge is 2.41. The van der Waals surface area contributed by atoms with Gasteiger partial charge in [0.25, 0.3) is 0 Å². The topological polar surface area (TPSA) is 72.8 Å². The highest BCUT2D eigenvalue weighted by Crippen LogP contribution is 2.40. The van der Waals surface area contributed by atoms with Gasteiger partial charge in [-0.15, -0.1) is 0 Å². The van der Waals surface area contributed by atoms with Crippen molar-refractivity contribution in [1.82, 2.24) is 0 Å². The fourth-order valence-corrected chi connectivity index (χ4v) is 3.69. The van der Waals surface area contributed by atoms with Crippen LogP contribution in [0.3, 0.4) is 0 Å². The van der Waals surface area contributed by atoms with E-state index in [0.717, 1.165) is 0 Å². The number of ketones is 1. The summed E-state index contributed by atoms with van der Waals surface area (Å²) in [7, 11) is 0. The van der Waals surface area contributed by atoms with Crippen molar-refractivity contribution in [2.24, 2.45) is 0 Å². The van der Waals surface area contributed by atoms with Crippen molar-refractivity contribution in [2.75, 3.05) is 0 Å². The molecule has 0 bridgehead atoms. The molecule has 0 fully saturated rings. The molecule has 2 aromatic rings. The monoisotopic (exact) mass is 420 g/mol. The van der Waals surface area contributed by atoms with Crippen molar-refractivity contribution >= 4 is 23.4 Å². The summed E-state index contributed by atoms with van der Waals surface area (Å²) in [6, 6.07) is 6.16. The van der Waals surface area contributed by atoms with Crippen LogP contribution in [0, 0.1) is 5.82 Å². The molecular weight excluding hydrogens is 399 g/mol. The number of carboxylic acid groups (broad SMARTS) is 1. The molecule has 0 saturated carbocycles. The number of rotatable bonds is 6. The summed E-state index contributed by atoms with van der Waals surface area (Å²) in [5.41, 5.74) is 0.635. The minimum absolute atomic E-state index is 0.000461. The van der Waals surface area contributed by atoms with Crippen LogP contribution < -0.4 is 9.47 Å². The molecule has 1 aliphatic rings. The molecule has 2 aromatic carbocycles. The van der Waals surface area contributed by atoms with Gasteiger partial charge in [-0.2, -0.15) is 0 Å². The number of hydrogen-bond donors (Lipinski definition) is 1. The zero-order valence-electron chi connectivity index (χ0n) is 16.6. The lowest BCUT2D eigenvalue weighted by Crippen LogP contribution is -2.32. The second-order valence-electron chi connectivity index (χ2n) is 7.53. The number of benzene rings is 2. The van der Waals surface area contributed by atoms with E-state index in [9.17, 15) is 19.1 Å². The Hall–Kier alpha value is -2.60. The molecule has 29 heavy (non-hydrogen) atoms. The predicted octanol–water partition coefficient (Wildman–Crippen LogP) is 5.16. The number of carbonyl (C=O) groups excluding carboxylic acids is 1. The molecule has 5 nitrogen and oxygen atoms in total. The average molecular weight is 421 g/mol. The van der Waals surface area contributed by atoms with Crippen molar-refractivity contribution in [3.63, 3.8) is 0 Å². The van der Waals surface area contributed by atoms with Crippen LogP contribution in [0.5, 0.6) is 11.5 Å². The van der Waals surface area contributed by atoms with E-state index in [1.54, 1.807) is 39.0 Å². The molecule has 7 heteroatoms. The molecule has 0 aromatic heterocycles. The van der Waals surface area contributed by atoms with E-state index < -0.39 is 23.3 Å². The standard InChI is InChI=1S/C22H22ClFO5/c1-5-14-15(11(2)21(26)27)6-7-17(18(14)24)28-10-12-8-13(23)9-16-19(12)29-22(3,4)20(16)25/h6-9,11H,5,10H2,1-4H3,(H,26,27). The normalized spacial score (nSPS) is 15.6. The molecule has 1 unspecified atom stereocenters. The Morgan fingerprint density at radius 3 is 2.66 bits per heavy atom. The first-order chi connectivity index (χ1) is 13.6. The van der Waals surface area contributed by atoms with Gasteiger partial charge in [-0.3, -0.25) is 9.59 Å². The van der Waals surface area contributed by atoms with Crippen LogP contribution in [0.4, 0.5) is 4.39 Å². The molecule has 0 radical (unpaired) electrons. The van der Waals surface area contributed by atoms with E-state index in [4.69, 9.17) is 21.1 Å². The number of halogens is 2. The number of fused-ring (bicyclic) bond motifs is 1. The van der Waals surface area contributed by atoms with Crippen LogP contribution in [0.15, 0.2) is 24.3 Å². The summed E-state index contributed by atoms with van der Waals surface area (Å²) < 4.78 is 26.4. The van der Waals surface area contributed by atoms with Crippen LogP contribution in [0.25, 0.3) is 0 Å². The zero-order chi connectivity index (χ0) is 21.5. The number of aliphatic carboxylic acids is 1. The lowest BCUT2D eigenvalue weighted by molar-refractivity contribution is -0.138. The third kappa shape index (κ3) is 3.81. The number of carbonyl (C=O) groups is 2. The first kappa shape index (κ1) is 21.1. The Balaban J connectivity index is 1.91. The summed E-state index contributed by atoms with van der Waals surface area (Å²) in [6.07, 6.45) is 0.328.